The summed E-state index contributed by atoms with van der Waals surface area (Å²) in [6, 6.07) is 20.6. The normalized spacial score (nSPS) is 24.6. The van der Waals surface area contributed by atoms with Gasteiger partial charge in [0.15, 0.2) is 0 Å². The van der Waals surface area contributed by atoms with Gasteiger partial charge in [0.05, 0.1) is 15.4 Å². The molecule has 2 saturated heterocycles. The molecule has 1 amide bonds. The number of halogens is 1. The quantitative estimate of drug-likeness (QED) is 0.139. The van der Waals surface area contributed by atoms with E-state index in [-0.39, 0.29) is 40.2 Å². The van der Waals surface area contributed by atoms with E-state index in [4.69, 9.17) is 0 Å². The number of carbonyl (C=O) groups is 1. The van der Waals surface area contributed by atoms with Crippen LogP contribution in [0.4, 0.5) is 17.1 Å². The summed E-state index contributed by atoms with van der Waals surface area (Å²) in [5.41, 5.74) is 3.62. The lowest BCUT2D eigenvalue weighted by Crippen LogP contribution is -2.56. The number of piperidine rings is 2. The topological polar surface area (TPSA) is 145 Å². The molecule has 1 atom stereocenters. The van der Waals surface area contributed by atoms with Crippen molar-refractivity contribution in [3.05, 3.63) is 93.5 Å². The Labute approximate surface area is 325 Å². The van der Waals surface area contributed by atoms with E-state index < -0.39 is 26.5 Å². The average molecular weight is 780 g/mol. The van der Waals surface area contributed by atoms with Crippen LogP contribution in [0.1, 0.15) is 105 Å². The third-order valence-corrected chi connectivity index (χ3v) is 14.0. The molecule has 0 unspecified atom stereocenters. The fourth-order valence-electron chi connectivity index (χ4n) is 9.31. The zero-order chi connectivity index (χ0) is 37.4. The van der Waals surface area contributed by atoms with Crippen LogP contribution in [0.5, 0.6) is 0 Å². The first kappa shape index (κ1) is 40.0. The number of hydrogen-bond acceptors (Lipinski definition) is 9. The van der Waals surface area contributed by atoms with Crippen molar-refractivity contribution >= 4 is 45.4 Å². The summed E-state index contributed by atoms with van der Waals surface area (Å²) in [5.74, 6) is -0.553. The van der Waals surface area contributed by atoms with Gasteiger partial charge in [-0.3, -0.25) is 19.8 Å². The predicted molar refractivity (Wildman–Crippen MR) is 214 cm³/mol. The third-order valence-electron chi connectivity index (χ3n) is 12.7. The highest BCUT2D eigenvalue weighted by atomic mass is 35.5. The highest BCUT2D eigenvalue weighted by Gasteiger charge is 2.49. The number of aryl methyl sites for hydroxylation is 1. The van der Waals surface area contributed by atoms with Gasteiger partial charge in [0.2, 0.25) is 0 Å². The van der Waals surface area contributed by atoms with Gasteiger partial charge in [-0.1, -0.05) is 30.7 Å². The number of carbonyl (C=O) groups excluding carboxylic acids is 1. The lowest BCUT2D eigenvalue weighted by Gasteiger charge is -2.57. The maximum Gasteiger partial charge on any atom is 0.293 e. The van der Waals surface area contributed by atoms with E-state index in [0.29, 0.717) is 36.9 Å². The van der Waals surface area contributed by atoms with Crippen molar-refractivity contribution in [2.24, 2.45) is 11.3 Å². The molecule has 3 aromatic carbocycles. The zero-order valence-electron chi connectivity index (χ0n) is 31.3. The summed E-state index contributed by atoms with van der Waals surface area (Å²) >= 11 is 0. The number of aliphatic hydroxyl groups is 1. The number of nitro benzene ring substituents is 1. The Morgan fingerprint density at radius 1 is 0.944 bits per heavy atom. The molecule has 2 aliphatic heterocycles. The number of rotatable bonds is 10. The second-order valence-corrected chi connectivity index (χ2v) is 18.1. The van der Waals surface area contributed by atoms with Crippen LogP contribution in [0.3, 0.4) is 0 Å². The number of sulfonamides is 1. The Kier molecular flexibility index (Phi) is 12.0. The molecule has 11 nitrogen and oxygen atoms in total. The highest BCUT2D eigenvalue weighted by molar-refractivity contribution is 7.90. The molecule has 1 spiro atoms. The summed E-state index contributed by atoms with van der Waals surface area (Å²) < 4.78 is 28.5. The van der Waals surface area contributed by atoms with Gasteiger partial charge in [0.1, 0.15) is 5.69 Å². The highest BCUT2D eigenvalue weighted by Crippen LogP contribution is 2.53. The van der Waals surface area contributed by atoms with E-state index in [1.54, 1.807) is 12.1 Å². The number of likely N-dealkylation sites (tertiary alicyclic amines) is 1. The number of nitrogens with zero attached hydrogens (tertiary/aromatic N) is 3. The lowest BCUT2D eigenvalue weighted by molar-refractivity contribution is -0.384. The summed E-state index contributed by atoms with van der Waals surface area (Å²) in [5, 5.41) is 25.2. The molecule has 2 heterocycles. The Hall–Kier alpha value is -3.71. The Bertz CT molecular complexity index is 1910. The van der Waals surface area contributed by atoms with Crippen LogP contribution < -0.4 is 14.9 Å². The molecular formula is C41H54ClN5O6S. The minimum atomic E-state index is -4.38. The number of nitrogens with one attached hydrogen (secondary N) is 2. The van der Waals surface area contributed by atoms with Gasteiger partial charge in [0.25, 0.3) is 21.6 Å². The summed E-state index contributed by atoms with van der Waals surface area (Å²) in [4.78, 5) is 29.1. The summed E-state index contributed by atoms with van der Waals surface area (Å²) in [6.45, 7) is 7.60. The first-order valence-electron chi connectivity index (χ1n) is 19.3. The van der Waals surface area contributed by atoms with Gasteiger partial charge in [-0.2, -0.15) is 0 Å². The van der Waals surface area contributed by atoms with Crippen molar-refractivity contribution in [2.75, 3.05) is 36.4 Å². The molecule has 54 heavy (non-hydrogen) atoms. The molecule has 3 N–H and O–H groups in total. The van der Waals surface area contributed by atoms with Gasteiger partial charge in [0, 0.05) is 49.0 Å². The molecule has 0 bridgehead atoms. The van der Waals surface area contributed by atoms with E-state index in [9.17, 15) is 28.4 Å². The average Bonchev–Trinajstić information content (AvgIpc) is 3.13. The molecule has 292 valence electrons. The molecule has 4 aliphatic rings. The van der Waals surface area contributed by atoms with Crippen LogP contribution in [-0.2, 0) is 10.0 Å². The fraction of sp³-hybridized carbons (Fsp3) is 0.537. The maximum absolute atomic E-state index is 13.2. The number of benzene rings is 3. The number of amides is 1. The zero-order valence-corrected chi connectivity index (χ0v) is 33.0. The third kappa shape index (κ3) is 8.72. The lowest BCUT2D eigenvalue weighted by atomic mass is 9.59. The largest absolute Gasteiger partial charge is 0.390 e. The van der Waals surface area contributed by atoms with Gasteiger partial charge in [-0.15, -0.1) is 12.4 Å². The predicted octanol–water partition coefficient (Wildman–Crippen LogP) is 7.77. The van der Waals surface area contributed by atoms with Crippen molar-refractivity contribution in [1.29, 1.82) is 0 Å². The monoisotopic (exact) mass is 779 g/mol. The Morgan fingerprint density at radius 2 is 1.63 bits per heavy atom. The van der Waals surface area contributed by atoms with Crippen LogP contribution in [0.2, 0.25) is 0 Å². The van der Waals surface area contributed by atoms with Gasteiger partial charge in [-0.25, -0.2) is 13.1 Å². The van der Waals surface area contributed by atoms with Gasteiger partial charge < -0.3 is 15.3 Å². The van der Waals surface area contributed by atoms with Crippen molar-refractivity contribution < 1.29 is 23.2 Å². The summed E-state index contributed by atoms with van der Waals surface area (Å²) in [6.07, 6.45) is 11.5. The van der Waals surface area contributed by atoms with Gasteiger partial charge in [-0.05, 0) is 143 Å². The van der Waals surface area contributed by atoms with Crippen molar-refractivity contribution in [3.8, 4) is 0 Å². The minimum absolute atomic E-state index is 0. The minimum Gasteiger partial charge on any atom is -0.390 e. The molecule has 13 heteroatoms. The molecule has 4 fully saturated rings. The van der Waals surface area contributed by atoms with Crippen LogP contribution in [0, 0.1) is 28.4 Å². The number of hydrogen-bond donors (Lipinski definition) is 3. The van der Waals surface area contributed by atoms with Crippen molar-refractivity contribution in [2.45, 2.75) is 107 Å². The van der Waals surface area contributed by atoms with Crippen molar-refractivity contribution in [1.82, 2.24) is 9.62 Å². The molecular weight excluding hydrogens is 726 g/mol. The second-order valence-electron chi connectivity index (χ2n) is 16.4. The number of anilines is 2. The molecule has 2 aliphatic carbocycles. The smallest absolute Gasteiger partial charge is 0.293 e. The van der Waals surface area contributed by atoms with E-state index in [1.807, 2.05) is 19.1 Å². The molecule has 0 radical (unpaired) electrons. The van der Waals surface area contributed by atoms with E-state index in [0.717, 1.165) is 50.5 Å². The van der Waals surface area contributed by atoms with Crippen molar-refractivity contribution in [3.63, 3.8) is 0 Å². The Balaban J connectivity index is 0.00000497. The molecule has 2 saturated carbocycles. The first-order chi connectivity index (χ1) is 25.3. The maximum atomic E-state index is 13.2. The van der Waals surface area contributed by atoms with E-state index >= 15 is 0 Å². The Morgan fingerprint density at radius 3 is 2.30 bits per heavy atom. The number of nitro groups is 1. The van der Waals surface area contributed by atoms with Crippen LogP contribution in [0.15, 0.2) is 71.6 Å². The molecule has 3 aromatic rings. The summed E-state index contributed by atoms with van der Waals surface area (Å²) in [7, 11) is -4.38. The van der Waals surface area contributed by atoms with E-state index in [1.165, 1.54) is 61.9 Å². The van der Waals surface area contributed by atoms with Crippen LogP contribution >= 0.6 is 12.4 Å². The molecule has 7 rings (SSSR count). The fourth-order valence-corrected chi connectivity index (χ4v) is 10.3. The molecule has 0 aromatic heterocycles. The van der Waals surface area contributed by atoms with Gasteiger partial charge >= 0.3 is 0 Å². The standard InChI is InChI=1S/C41H53N5O6S.ClH/c1-29-7-3-4-8-35(29)37-9-5-6-22-45(37)33-26-41(27-33)20-23-44(24-21-41)32-12-10-31(11-13-32)39(47)43-53(51,52)34-14-15-36(38(25-34)46(49)50)42-28-30-16-18-40(2,48)19-17-30;/h3-4,7-8,10-15,25,30,33,37,42,48H,5-6,9,16-24,26-28H2,1-2H3,(H,43,47);1H/t30?,37-,40?;/m1./s1. The SMILES string of the molecule is Cc1ccccc1[C@H]1CCCCN1C1CC2(CCN(c3ccc(C(=O)NS(=O)(=O)c4ccc(NCC5CCC(C)(O)CC5)c([N+](=O)[O-])c4)cc3)CC2)C1.Cl. The van der Waals surface area contributed by atoms with Crippen LogP contribution in [-0.4, -0.2) is 67.1 Å². The van der Waals surface area contributed by atoms with E-state index in [2.05, 4.69) is 51.0 Å². The second kappa shape index (κ2) is 16.2. The van der Waals surface area contributed by atoms with Crippen LogP contribution in [0.25, 0.3) is 0 Å². The first-order valence-corrected chi connectivity index (χ1v) is 20.8.